The Kier molecular flexibility index (Phi) is 4.95. The summed E-state index contributed by atoms with van der Waals surface area (Å²) in [6.07, 6.45) is 3.40. The molecular formula is C13H22N4O. The molecule has 0 bridgehead atoms. The van der Waals surface area contributed by atoms with Crippen molar-refractivity contribution in [2.75, 3.05) is 11.4 Å². The lowest BCUT2D eigenvalue weighted by atomic mass is 10.1. The molecule has 0 unspecified atom stereocenters. The second-order valence-electron chi connectivity index (χ2n) is 5.02. The summed E-state index contributed by atoms with van der Waals surface area (Å²) in [5.74, 6) is 0.634. The normalized spacial score (nSPS) is 12.2. The van der Waals surface area contributed by atoms with Crippen molar-refractivity contribution in [3.63, 3.8) is 0 Å². The fraction of sp³-hybridized carbons (Fsp3) is 0.538. The molecule has 1 heterocycles. The van der Waals surface area contributed by atoms with Gasteiger partial charge in [-0.05, 0) is 25.8 Å². The van der Waals surface area contributed by atoms with Crippen LogP contribution in [0.1, 0.15) is 33.3 Å². The largest absolute Gasteiger partial charge is 0.409 e. The predicted molar refractivity (Wildman–Crippen MR) is 74.1 cm³/mol. The minimum atomic E-state index is 0.113. The fourth-order valence-electron chi connectivity index (χ4n) is 1.87. The summed E-state index contributed by atoms with van der Waals surface area (Å²) < 4.78 is 0. The van der Waals surface area contributed by atoms with Gasteiger partial charge < -0.3 is 15.8 Å². The van der Waals surface area contributed by atoms with Gasteiger partial charge in [0.2, 0.25) is 0 Å². The first-order chi connectivity index (χ1) is 8.47. The molecule has 5 heteroatoms. The number of nitrogens with zero attached hydrogens (tertiary/aromatic N) is 3. The van der Waals surface area contributed by atoms with Crippen LogP contribution in [0.2, 0.25) is 0 Å². The number of anilines is 1. The van der Waals surface area contributed by atoms with Crippen LogP contribution in [0.25, 0.3) is 0 Å². The summed E-state index contributed by atoms with van der Waals surface area (Å²) in [5.41, 5.74) is 7.32. The average Bonchev–Trinajstić information content (AvgIpc) is 2.34. The molecule has 0 aliphatic heterocycles. The minimum absolute atomic E-state index is 0.113. The van der Waals surface area contributed by atoms with Crippen molar-refractivity contribution in [1.29, 1.82) is 0 Å². The SMILES string of the molecule is CC(C)CN(c1cnccc1/C(N)=N/O)C(C)C. The van der Waals surface area contributed by atoms with Crippen molar-refractivity contribution in [1.82, 2.24) is 4.98 Å². The van der Waals surface area contributed by atoms with Crippen LogP contribution in [-0.4, -0.2) is 28.6 Å². The molecule has 1 rings (SSSR count). The first-order valence-corrected chi connectivity index (χ1v) is 6.16. The highest BCUT2D eigenvalue weighted by atomic mass is 16.4. The average molecular weight is 250 g/mol. The van der Waals surface area contributed by atoms with E-state index in [-0.39, 0.29) is 5.84 Å². The van der Waals surface area contributed by atoms with Gasteiger partial charge in [0.1, 0.15) is 0 Å². The zero-order valence-electron chi connectivity index (χ0n) is 11.5. The smallest absolute Gasteiger partial charge is 0.172 e. The van der Waals surface area contributed by atoms with Gasteiger partial charge in [0, 0.05) is 24.3 Å². The van der Waals surface area contributed by atoms with Gasteiger partial charge in [0.05, 0.1) is 11.9 Å². The number of pyridine rings is 1. The molecule has 1 aromatic heterocycles. The summed E-state index contributed by atoms with van der Waals surface area (Å²) in [6.45, 7) is 9.45. The molecule has 0 aliphatic carbocycles. The van der Waals surface area contributed by atoms with Gasteiger partial charge in [-0.25, -0.2) is 0 Å². The molecule has 0 aliphatic rings. The lowest BCUT2D eigenvalue weighted by Gasteiger charge is -2.31. The Morgan fingerprint density at radius 3 is 2.61 bits per heavy atom. The van der Waals surface area contributed by atoms with Crippen molar-refractivity contribution >= 4 is 11.5 Å². The monoisotopic (exact) mass is 250 g/mol. The highest BCUT2D eigenvalue weighted by molar-refractivity contribution is 6.02. The first-order valence-electron chi connectivity index (χ1n) is 6.16. The molecule has 0 saturated heterocycles. The number of amidine groups is 1. The maximum Gasteiger partial charge on any atom is 0.172 e. The number of hydrogen-bond donors (Lipinski definition) is 2. The molecule has 0 aromatic carbocycles. The fourth-order valence-corrected chi connectivity index (χ4v) is 1.87. The van der Waals surface area contributed by atoms with Gasteiger partial charge in [0.25, 0.3) is 0 Å². The van der Waals surface area contributed by atoms with E-state index in [1.165, 1.54) is 0 Å². The Morgan fingerprint density at radius 2 is 2.11 bits per heavy atom. The molecule has 100 valence electrons. The van der Waals surface area contributed by atoms with Crippen LogP contribution in [0.3, 0.4) is 0 Å². The maximum atomic E-state index is 8.84. The molecular weight excluding hydrogens is 228 g/mol. The van der Waals surface area contributed by atoms with Crippen LogP contribution in [0.5, 0.6) is 0 Å². The molecule has 0 amide bonds. The Balaban J connectivity index is 3.19. The van der Waals surface area contributed by atoms with Crippen LogP contribution in [0.15, 0.2) is 23.6 Å². The molecule has 0 radical (unpaired) electrons. The zero-order chi connectivity index (χ0) is 13.7. The minimum Gasteiger partial charge on any atom is -0.409 e. The van der Waals surface area contributed by atoms with E-state index in [1.807, 2.05) is 0 Å². The highest BCUT2D eigenvalue weighted by Crippen LogP contribution is 2.22. The molecule has 0 atom stereocenters. The van der Waals surface area contributed by atoms with E-state index in [0.29, 0.717) is 17.5 Å². The highest BCUT2D eigenvalue weighted by Gasteiger charge is 2.17. The number of aromatic nitrogens is 1. The van der Waals surface area contributed by atoms with Crippen molar-refractivity contribution in [2.24, 2.45) is 16.8 Å². The first kappa shape index (κ1) is 14.3. The molecule has 3 N–H and O–H groups in total. The molecule has 18 heavy (non-hydrogen) atoms. The lowest BCUT2D eigenvalue weighted by Crippen LogP contribution is -2.36. The van der Waals surface area contributed by atoms with E-state index in [0.717, 1.165) is 12.2 Å². The van der Waals surface area contributed by atoms with Gasteiger partial charge in [-0.3, -0.25) is 4.98 Å². The van der Waals surface area contributed by atoms with Gasteiger partial charge in [-0.2, -0.15) is 0 Å². The Bertz CT molecular complexity index is 415. The van der Waals surface area contributed by atoms with E-state index in [1.54, 1.807) is 18.5 Å². The van der Waals surface area contributed by atoms with Gasteiger partial charge >= 0.3 is 0 Å². The number of hydrogen-bond acceptors (Lipinski definition) is 4. The quantitative estimate of drug-likeness (QED) is 0.363. The zero-order valence-corrected chi connectivity index (χ0v) is 11.5. The van der Waals surface area contributed by atoms with Crippen molar-refractivity contribution in [3.05, 3.63) is 24.0 Å². The van der Waals surface area contributed by atoms with Crippen LogP contribution in [-0.2, 0) is 0 Å². The maximum absolute atomic E-state index is 8.84. The summed E-state index contributed by atoms with van der Waals surface area (Å²) in [6, 6.07) is 2.09. The van der Waals surface area contributed by atoms with Crippen molar-refractivity contribution in [3.8, 4) is 0 Å². The topological polar surface area (TPSA) is 74.7 Å². The molecule has 0 fully saturated rings. The standard InChI is InChI=1S/C13H22N4O/c1-9(2)8-17(10(3)4)12-7-15-6-5-11(12)13(14)16-18/h5-7,9-10,18H,8H2,1-4H3,(H2,14,16). The van der Waals surface area contributed by atoms with Crippen LogP contribution in [0.4, 0.5) is 5.69 Å². The third-order valence-electron chi connectivity index (χ3n) is 2.68. The predicted octanol–water partition coefficient (Wildman–Crippen LogP) is 2.05. The summed E-state index contributed by atoms with van der Waals surface area (Å²) >= 11 is 0. The van der Waals surface area contributed by atoms with E-state index < -0.39 is 0 Å². The molecule has 0 spiro atoms. The van der Waals surface area contributed by atoms with Crippen LogP contribution < -0.4 is 10.6 Å². The van der Waals surface area contributed by atoms with E-state index >= 15 is 0 Å². The Hall–Kier alpha value is -1.78. The molecule has 5 nitrogen and oxygen atoms in total. The summed E-state index contributed by atoms with van der Waals surface area (Å²) in [4.78, 5) is 6.35. The van der Waals surface area contributed by atoms with Crippen molar-refractivity contribution < 1.29 is 5.21 Å². The van der Waals surface area contributed by atoms with Crippen molar-refractivity contribution in [2.45, 2.75) is 33.7 Å². The molecule has 0 saturated carbocycles. The number of nitrogens with two attached hydrogens (primary N) is 1. The van der Waals surface area contributed by atoms with E-state index in [2.05, 4.69) is 42.7 Å². The summed E-state index contributed by atoms with van der Waals surface area (Å²) in [7, 11) is 0. The van der Waals surface area contributed by atoms with Gasteiger partial charge in [-0.1, -0.05) is 19.0 Å². The number of oxime groups is 1. The van der Waals surface area contributed by atoms with Crippen LogP contribution in [0, 0.1) is 5.92 Å². The second kappa shape index (κ2) is 6.23. The number of rotatable bonds is 5. The summed E-state index contributed by atoms with van der Waals surface area (Å²) in [5, 5.41) is 11.9. The molecule has 1 aromatic rings. The van der Waals surface area contributed by atoms with Crippen LogP contribution >= 0.6 is 0 Å². The Labute approximate surface area is 108 Å². The van der Waals surface area contributed by atoms with Gasteiger partial charge in [0.15, 0.2) is 5.84 Å². The second-order valence-corrected chi connectivity index (χ2v) is 5.02. The van der Waals surface area contributed by atoms with E-state index in [9.17, 15) is 0 Å². The van der Waals surface area contributed by atoms with E-state index in [4.69, 9.17) is 10.9 Å². The Morgan fingerprint density at radius 1 is 1.44 bits per heavy atom. The lowest BCUT2D eigenvalue weighted by molar-refractivity contribution is 0.318. The third kappa shape index (κ3) is 3.35. The van der Waals surface area contributed by atoms with Gasteiger partial charge in [-0.15, -0.1) is 0 Å². The third-order valence-corrected chi connectivity index (χ3v) is 2.68.